The van der Waals surface area contributed by atoms with Crippen LogP contribution < -0.4 is 0 Å². The SMILES string of the molecule is O=C(O)C[C@@]1(O)C[C@@H](CCCCCO)OC1=O. The molecule has 98 valence electrons. The van der Waals surface area contributed by atoms with E-state index in [2.05, 4.69) is 0 Å². The molecule has 1 saturated heterocycles. The van der Waals surface area contributed by atoms with Crippen LogP contribution in [0.4, 0.5) is 0 Å². The summed E-state index contributed by atoms with van der Waals surface area (Å²) < 4.78 is 4.94. The van der Waals surface area contributed by atoms with Gasteiger partial charge in [-0.2, -0.15) is 0 Å². The maximum atomic E-state index is 11.4. The van der Waals surface area contributed by atoms with Crippen LogP contribution in [-0.2, 0) is 14.3 Å². The number of aliphatic hydroxyl groups is 2. The molecule has 0 unspecified atom stereocenters. The van der Waals surface area contributed by atoms with Gasteiger partial charge in [-0.1, -0.05) is 6.42 Å². The summed E-state index contributed by atoms with van der Waals surface area (Å²) in [6.07, 6.45) is 1.90. The Hall–Kier alpha value is -1.14. The molecule has 0 amide bonds. The molecule has 0 aromatic rings. The number of aliphatic carboxylic acids is 1. The van der Waals surface area contributed by atoms with Crippen LogP contribution in [-0.4, -0.2) is 45.6 Å². The molecule has 1 aliphatic heterocycles. The van der Waals surface area contributed by atoms with Gasteiger partial charge in [0, 0.05) is 13.0 Å². The summed E-state index contributed by atoms with van der Waals surface area (Å²) in [5, 5.41) is 27.0. The van der Waals surface area contributed by atoms with Crippen molar-refractivity contribution in [3.63, 3.8) is 0 Å². The molecule has 1 heterocycles. The number of hydrogen-bond acceptors (Lipinski definition) is 5. The highest BCUT2D eigenvalue weighted by molar-refractivity contribution is 5.86. The molecule has 6 heteroatoms. The third-order valence-corrected chi connectivity index (χ3v) is 2.85. The van der Waals surface area contributed by atoms with E-state index in [0.717, 1.165) is 12.8 Å². The zero-order chi connectivity index (χ0) is 12.9. The van der Waals surface area contributed by atoms with Gasteiger partial charge in [0.25, 0.3) is 0 Å². The number of hydrogen-bond donors (Lipinski definition) is 3. The number of rotatable bonds is 7. The van der Waals surface area contributed by atoms with E-state index in [-0.39, 0.29) is 13.0 Å². The lowest BCUT2D eigenvalue weighted by Crippen LogP contribution is -2.36. The largest absolute Gasteiger partial charge is 0.481 e. The van der Waals surface area contributed by atoms with Gasteiger partial charge in [-0.3, -0.25) is 4.79 Å². The smallest absolute Gasteiger partial charge is 0.339 e. The summed E-state index contributed by atoms with van der Waals surface area (Å²) in [7, 11) is 0. The highest BCUT2D eigenvalue weighted by atomic mass is 16.6. The van der Waals surface area contributed by atoms with Crippen molar-refractivity contribution >= 4 is 11.9 Å². The van der Waals surface area contributed by atoms with Gasteiger partial charge >= 0.3 is 11.9 Å². The number of carboxylic acids is 1. The van der Waals surface area contributed by atoms with E-state index in [4.69, 9.17) is 14.9 Å². The van der Waals surface area contributed by atoms with Crippen LogP contribution in [0, 0.1) is 0 Å². The Bertz CT molecular complexity index is 290. The number of unbranched alkanes of at least 4 members (excludes halogenated alkanes) is 2. The number of carbonyl (C=O) groups is 2. The van der Waals surface area contributed by atoms with Crippen molar-refractivity contribution in [1.29, 1.82) is 0 Å². The average molecular weight is 246 g/mol. The van der Waals surface area contributed by atoms with Crippen LogP contribution in [0.5, 0.6) is 0 Å². The molecule has 1 rings (SSSR count). The molecule has 0 aliphatic carbocycles. The van der Waals surface area contributed by atoms with Gasteiger partial charge in [-0.25, -0.2) is 4.79 Å². The molecule has 0 aromatic carbocycles. The summed E-state index contributed by atoms with van der Waals surface area (Å²) in [5.41, 5.74) is -1.87. The standard InChI is InChI=1S/C11H18O6/c12-5-3-1-2-4-8-6-11(16,7-9(13)14)10(15)17-8/h8,12,16H,1-7H2,(H,13,14)/t8-,11+/m1/s1. The fraction of sp³-hybridized carbons (Fsp3) is 0.818. The highest BCUT2D eigenvalue weighted by Gasteiger charge is 2.48. The molecule has 0 radical (unpaired) electrons. The normalized spacial score (nSPS) is 28.1. The maximum absolute atomic E-state index is 11.4. The van der Waals surface area contributed by atoms with Crippen LogP contribution in [0.2, 0.25) is 0 Å². The lowest BCUT2D eigenvalue weighted by molar-refractivity contribution is -0.160. The zero-order valence-electron chi connectivity index (χ0n) is 9.59. The van der Waals surface area contributed by atoms with E-state index in [1.54, 1.807) is 0 Å². The second kappa shape index (κ2) is 5.97. The van der Waals surface area contributed by atoms with E-state index in [1.807, 2.05) is 0 Å². The first-order valence-electron chi connectivity index (χ1n) is 5.74. The lowest BCUT2D eigenvalue weighted by atomic mass is 9.94. The van der Waals surface area contributed by atoms with Gasteiger partial charge in [0.05, 0.1) is 6.42 Å². The first kappa shape index (κ1) is 13.9. The lowest BCUT2D eigenvalue weighted by Gasteiger charge is -2.14. The predicted octanol–water partition coefficient (Wildman–Crippen LogP) is 0.0604. The highest BCUT2D eigenvalue weighted by Crippen LogP contribution is 2.31. The Morgan fingerprint density at radius 1 is 1.41 bits per heavy atom. The van der Waals surface area contributed by atoms with Crippen molar-refractivity contribution < 1.29 is 29.6 Å². The monoisotopic (exact) mass is 246 g/mol. The van der Waals surface area contributed by atoms with Crippen molar-refractivity contribution in [2.75, 3.05) is 6.61 Å². The van der Waals surface area contributed by atoms with Crippen LogP contribution in [0.25, 0.3) is 0 Å². The fourth-order valence-corrected chi connectivity index (χ4v) is 1.98. The minimum Gasteiger partial charge on any atom is -0.481 e. The molecule has 6 nitrogen and oxygen atoms in total. The second-order valence-corrected chi connectivity index (χ2v) is 4.41. The fourth-order valence-electron chi connectivity index (χ4n) is 1.98. The van der Waals surface area contributed by atoms with Gasteiger partial charge in [-0.15, -0.1) is 0 Å². The summed E-state index contributed by atoms with van der Waals surface area (Å²) >= 11 is 0. The number of carbonyl (C=O) groups excluding carboxylic acids is 1. The minimum atomic E-state index is -1.87. The van der Waals surface area contributed by atoms with E-state index in [9.17, 15) is 14.7 Å². The van der Waals surface area contributed by atoms with Gasteiger partial charge in [-0.05, 0) is 19.3 Å². The Labute approximate surface area is 99.2 Å². The second-order valence-electron chi connectivity index (χ2n) is 4.41. The molecule has 0 aromatic heterocycles. The third-order valence-electron chi connectivity index (χ3n) is 2.85. The molecular weight excluding hydrogens is 228 g/mol. The number of cyclic esters (lactones) is 1. The van der Waals surface area contributed by atoms with E-state index < -0.39 is 30.1 Å². The van der Waals surface area contributed by atoms with Gasteiger partial charge < -0.3 is 20.1 Å². The summed E-state index contributed by atoms with van der Waals surface area (Å²) in [6, 6.07) is 0. The van der Waals surface area contributed by atoms with Crippen molar-refractivity contribution in [2.45, 2.75) is 50.2 Å². The third kappa shape index (κ3) is 3.98. The van der Waals surface area contributed by atoms with Crippen LogP contribution in [0.1, 0.15) is 38.5 Å². The molecule has 0 bridgehead atoms. The van der Waals surface area contributed by atoms with Crippen LogP contribution in [0.3, 0.4) is 0 Å². The molecule has 3 N–H and O–H groups in total. The van der Waals surface area contributed by atoms with Crippen molar-refractivity contribution in [3.05, 3.63) is 0 Å². The topological polar surface area (TPSA) is 104 Å². The maximum Gasteiger partial charge on any atom is 0.339 e. The Kier molecular flexibility index (Phi) is 4.89. The van der Waals surface area contributed by atoms with Crippen molar-refractivity contribution in [2.24, 2.45) is 0 Å². The number of aliphatic hydroxyl groups excluding tert-OH is 1. The summed E-state index contributed by atoms with van der Waals surface area (Å²) in [5.74, 6) is -2.06. The van der Waals surface area contributed by atoms with Crippen molar-refractivity contribution in [1.82, 2.24) is 0 Å². The number of ether oxygens (including phenoxy) is 1. The van der Waals surface area contributed by atoms with Gasteiger partial charge in [0.2, 0.25) is 0 Å². The molecule has 1 aliphatic rings. The number of esters is 1. The Balaban J connectivity index is 2.38. The Morgan fingerprint density at radius 2 is 2.12 bits per heavy atom. The van der Waals surface area contributed by atoms with Crippen LogP contribution >= 0.6 is 0 Å². The number of carboxylic acid groups (broad SMARTS) is 1. The first-order chi connectivity index (χ1) is 7.98. The summed E-state index contributed by atoms with van der Waals surface area (Å²) in [6.45, 7) is 0.132. The van der Waals surface area contributed by atoms with Crippen molar-refractivity contribution in [3.8, 4) is 0 Å². The van der Waals surface area contributed by atoms with E-state index >= 15 is 0 Å². The molecule has 0 saturated carbocycles. The molecular formula is C11H18O6. The summed E-state index contributed by atoms with van der Waals surface area (Å²) in [4.78, 5) is 21.9. The van der Waals surface area contributed by atoms with Gasteiger partial charge in [0.15, 0.2) is 5.60 Å². The van der Waals surface area contributed by atoms with Gasteiger partial charge in [0.1, 0.15) is 6.10 Å². The molecule has 1 fully saturated rings. The first-order valence-corrected chi connectivity index (χ1v) is 5.74. The minimum absolute atomic E-state index is 0.0389. The quantitative estimate of drug-likeness (QED) is 0.433. The van der Waals surface area contributed by atoms with E-state index in [0.29, 0.717) is 12.8 Å². The molecule has 0 spiro atoms. The Morgan fingerprint density at radius 3 is 2.71 bits per heavy atom. The van der Waals surface area contributed by atoms with E-state index in [1.165, 1.54) is 0 Å². The predicted molar refractivity (Wildman–Crippen MR) is 57.3 cm³/mol. The molecule has 2 atom stereocenters. The molecule has 17 heavy (non-hydrogen) atoms. The zero-order valence-corrected chi connectivity index (χ0v) is 9.59. The average Bonchev–Trinajstić information content (AvgIpc) is 2.48. The van der Waals surface area contributed by atoms with Crippen LogP contribution in [0.15, 0.2) is 0 Å².